The van der Waals surface area contributed by atoms with E-state index in [4.69, 9.17) is 9.72 Å². The summed E-state index contributed by atoms with van der Waals surface area (Å²) in [4.78, 5) is 39.5. The fourth-order valence-electron chi connectivity index (χ4n) is 8.40. The van der Waals surface area contributed by atoms with Gasteiger partial charge >= 0.3 is 6.09 Å². The van der Waals surface area contributed by atoms with Crippen molar-refractivity contribution in [2.45, 2.75) is 121 Å². The highest BCUT2D eigenvalue weighted by atomic mass is 32.2. The van der Waals surface area contributed by atoms with Crippen LogP contribution in [0.2, 0.25) is 0 Å². The van der Waals surface area contributed by atoms with Crippen LogP contribution >= 0.6 is 0 Å². The molecule has 3 unspecified atom stereocenters. The topological polar surface area (TPSA) is 128 Å². The van der Waals surface area contributed by atoms with Crippen LogP contribution in [-0.4, -0.2) is 99.8 Å². The van der Waals surface area contributed by atoms with Crippen LogP contribution in [0.4, 0.5) is 16.6 Å². The Kier molecular flexibility index (Phi) is 7.21. The number of rotatable bonds is 5. The number of likely N-dealkylation sites (tertiary alicyclic amines) is 1. The minimum absolute atomic E-state index is 0.0343. The number of nitrogens with one attached hydrogen (secondary N) is 1. The Morgan fingerprint density at radius 1 is 1.02 bits per heavy atom. The number of carbonyl (C=O) groups is 2. The van der Waals surface area contributed by atoms with E-state index in [1.807, 2.05) is 31.9 Å². The maximum atomic E-state index is 14.0. The molecule has 2 spiro atoms. The molecule has 1 N–H and O–H groups in total. The first kappa shape index (κ1) is 30.2. The molecule has 1 aromatic heterocycles. The predicted octanol–water partition coefficient (Wildman–Crippen LogP) is 3.64. The summed E-state index contributed by atoms with van der Waals surface area (Å²) in [6, 6.07) is 0.231. The van der Waals surface area contributed by atoms with Gasteiger partial charge in [-0.25, -0.2) is 9.78 Å². The molecule has 13 heteroatoms. The molecule has 6 aliphatic rings. The smallest absolute Gasteiger partial charge is 0.410 e. The Labute approximate surface area is 261 Å². The molecule has 0 bridgehead atoms. The lowest BCUT2D eigenvalue weighted by Crippen LogP contribution is -2.56. The molecule has 3 saturated heterocycles. The molecule has 0 aromatic carbocycles. The van der Waals surface area contributed by atoms with Gasteiger partial charge in [-0.1, -0.05) is 13.3 Å². The molecule has 1 aromatic rings. The quantitative estimate of drug-likeness (QED) is 0.523. The van der Waals surface area contributed by atoms with Crippen molar-refractivity contribution >= 4 is 34.0 Å². The van der Waals surface area contributed by atoms with Gasteiger partial charge < -0.3 is 15.0 Å². The molecule has 12 nitrogen and oxygen atoms in total. The van der Waals surface area contributed by atoms with Crippen LogP contribution in [-0.2, 0) is 25.2 Å². The molecule has 242 valence electrons. The number of fused-ring (bicyclic) bond motifs is 2. The lowest BCUT2D eigenvalue weighted by molar-refractivity contribution is -0.120. The molecule has 0 radical (unpaired) electrons. The van der Waals surface area contributed by atoms with Crippen LogP contribution in [0.1, 0.15) is 97.5 Å². The Morgan fingerprint density at radius 3 is 2.43 bits per heavy atom. The lowest BCUT2D eigenvalue weighted by atomic mass is 9.97. The van der Waals surface area contributed by atoms with E-state index >= 15 is 0 Å². The fraction of sp³-hybridized carbons (Fsp3) is 0.806. The molecule has 5 heterocycles. The molecule has 4 aliphatic heterocycles. The highest BCUT2D eigenvalue weighted by molar-refractivity contribution is 7.86. The van der Waals surface area contributed by atoms with Crippen LogP contribution in [0, 0.1) is 5.92 Å². The zero-order valence-electron chi connectivity index (χ0n) is 26.5. The van der Waals surface area contributed by atoms with E-state index in [1.54, 1.807) is 13.5 Å². The average Bonchev–Trinajstić information content (AvgIpc) is 3.22. The van der Waals surface area contributed by atoms with Crippen molar-refractivity contribution in [3.05, 3.63) is 11.8 Å². The van der Waals surface area contributed by atoms with Crippen molar-refractivity contribution in [3.63, 3.8) is 0 Å². The third kappa shape index (κ3) is 4.97. The Hall–Kier alpha value is -2.51. The molecule has 44 heavy (non-hydrogen) atoms. The van der Waals surface area contributed by atoms with Gasteiger partial charge in [0.2, 0.25) is 11.9 Å². The maximum absolute atomic E-state index is 14.0. The summed E-state index contributed by atoms with van der Waals surface area (Å²) in [5.74, 6) is 1.95. The number of amides is 2. The summed E-state index contributed by atoms with van der Waals surface area (Å²) in [7, 11) is -3.69. The summed E-state index contributed by atoms with van der Waals surface area (Å²) in [5.41, 5.74) is -0.596. The standard InChI is InChI=1S/C31H47N7O5S/c1-21-7-5-8-24(21)38-25-23(31(12-13-31)26(38)39)19-32-27(34-25)33-22-9-16-36(17-10-22)44(41,42)37-15-6-11-30(37)14-18-35(20-30)28(40)43-29(2,3)4/h19,21-22,24H,5-18,20H2,1-4H3,(H,32,33,34). The van der Waals surface area contributed by atoms with Gasteiger partial charge in [-0.15, -0.1) is 0 Å². The Bertz CT molecular complexity index is 1430. The van der Waals surface area contributed by atoms with Gasteiger partial charge in [-0.05, 0) is 84.5 Å². The zero-order valence-corrected chi connectivity index (χ0v) is 27.4. The first-order valence-electron chi connectivity index (χ1n) is 16.6. The first-order chi connectivity index (χ1) is 20.8. The van der Waals surface area contributed by atoms with E-state index in [1.165, 1.54) is 0 Å². The van der Waals surface area contributed by atoms with Crippen molar-refractivity contribution < 1.29 is 22.7 Å². The SMILES string of the molecule is CC1CCCC1N1C(=O)C2(CC2)c2cnc(NC3CCN(S(=O)(=O)N4CCCC45CCN(C(=O)OC(C)(C)C)C5)CC3)nc21. The number of ether oxygens (including phenoxy) is 1. The third-order valence-electron chi connectivity index (χ3n) is 10.9. The molecule has 2 aliphatic carbocycles. The van der Waals surface area contributed by atoms with E-state index in [9.17, 15) is 18.0 Å². The zero-order chi connectivity index (χ0) is 31.1. The summed E-state index contributed by atoms with van der Waals surface area (Å²) < 4.78 is 36.8. The summed E-state index contributed by atoms with van der Waals surface area (Å²) in [6.45, 7) is 9.91. The van der Waals surface area contributed by atoms with Gasteiger partial charge in [0.15, 0.2) is 0 Å². The second-order valence-corrected chi connectivity index (χ2v) is 16.9. The first-order valence-corrected chi connectivity index (χ1v) is 18.0. The van der Waals surface area contributed by atoms with E-state index in [0.29, 0.717) is 63.9 Å². The number of hydrogen-bond acceptors (Lipinski definition) is 8. The monoisotopic (exact) mass is 629 g/mol. The minimum Gasteiger partial charge on any atom is -0.444 e. The number of piperidine rings is 1. The lowest BCUT2D eigenvalue weighted by Gasteiger charge is -2.39. The fourth-order valence-corrected chi connectivity index (χ4v) is 10.4. The average molecular weight is 630 g/mol. The maximum Gasteiger partial charge on any atom is 0.410 e. The molecular formula is C31H47N7O5S. The molecule has 3 atom stereocenters. The van der Waals surface area contributed by atoms with Crippen molar-refractivity contribution in [1.29, 1.82) is 0 Å². The van der Waals surface area contributed by atoms with E-state index in [2.05, 4.69) is 17.2 Å². The largest absolute Gasteiger partial charge is 0.444 e. The number of anilines is 2. The van der Waals surface area contributed by atoms with Gasteiger partial charge in [0.05, 0.1) is 11.0 Å². The van der Waals surface area contributed by atoms with Crippen LogP contribution in [0.5, 0.6) is 0 Å². The van der Waals surface area contributed by atoms with Gasteiger partial charge in [-0.2, -0.15) is 22.0 Å². The van der Waals surface area contributed by atoms with Crippen molar-refractivity contribution in [3.8, 4) is 0 Å². The van der Waals surface area contributed by atoms with Crippen molar-refractivity contribution in [2.24, 2.45) is 5.92 Å². The van der Waals surface area contributed by atoms with Crippen LogP contribution < -0.4 is 10.2 Å². The summed E-state index contributed by atoms with van der Waals surface area (Å²) in [5, 5.41) is 3.47. The minimum atomic E-state index is -3.69. The van der Waals surface area contributed by atoms with E-state index in [-0.39, 0.29) is 24.1 Å². The Morgan fingerprint density at radius 2 is 1.77 bits per heavy atom. The highest BCUT2D eigenvalue weighted by Gasteiger charge is 2.62. The van der Waals surface area contributed by atoms with Gasteiger partial charge in [0, 0.05) is 56.6 Å². The molecule has 2 saturated carbocycles. The molecular weight excluding hydrogens is 582 g/mol. The molecule has 5 fully saturated rings. The molecule has 7 rings (SSSR count). The number of nitrogens with zero attached hydrogens (tertiary/aromatic N) is 6. The van der Waals surface area contributed by atoms with Gasteiger partial charge in [0.25, 0.3) is 10.2 Å². The van der Waals surface area contributed by atoms with Crippen LogP contribution in [0.25, 0.3) is 0 Å². The molecule has 2 amide bonds. The second-order valence-electron chi connectivity index (χ2n) is 15.0. The third-order valence-corrected chi connectivity index (χ3v) is 13.1. The number of aromatic nitrogens is 2. The number of hydrogen-bond donors (Lipinski definition) is 1. The van der Waals surface area contributed by atoms with E-state index < -0.39 is 26.8 Å². The second kappa shape index (κ2) is 10.5. The normalized spacial score (nSPS) is 31.0. The number of carbonyl (C=O) groups excluding carboxylic acids is 2. The Balaban J connectivity index is 1.00. The highest BCUT2D eigenvalue weighted by Crippen LogP contribution is 2.58. The van der Waals surface area contributed by atoms with Crippen LogP contribution in [0.3, 0.4) is 0 Å². The van der Waals surface area contributed by atoms with Crippen molar-refractivity contribution in [2.75, 3.05) is 42.9 Å². The van der Waals surface area contributed by atoms with Crippen molar-refractivity contribution in [1.82, 2.24) is 23.5 Å². The van der Waals surface area contributed by atoms with Crippen LogP contribution in [0.15, 0.2) is 6.20 Å². The van der Waals surface area contributed by atoms with E-state index in [0.717, 1.165) is 56.3 Å². The van der Waals surface area contributed by atoms with Gasteiger partial charge in [-0.3, -0.25) is 9.69 Å². The summed E-state index contributed by atoms with van der Waals surface area (Å²) >= 11 is 0. The predicted molar refractivity (Wildman–Crippen MR) is 165 cm³/mol. The van der Waals surface area contributed by atoms with Gasteiger partial charge in [0.1, 0.15) is 11.4 Å². The summed E-state index contributed by atoms with van der Waals surface area (Å²) in [6.07, 6.45) is 9.93.